The lowest BCUT2D eigenvalue weighted by atomic mass is 9.95. The normalized spacial score (nSPS) is 18.2. The number of fused-ring (bicyclic) bond motifs is 1. The van der Waals surface area contributed by atoms with Crippen molar-refractivity contribution in [2.75, 3.05) is 12.0 Å². The number of rotatable bonds is 1. The molecule has 0 aromatic heterocycles. The third-order valence-electron chi connectivity index (χ3n) is 3.55. The zero-order valence-corrected chi connectivity index (χ0v) is 15.4. The third kappa shape index (κ3) is 3.96. The third-order valence-corrected chi connectivity index (χ3v) is 4.00. The van der Waals surface area contributed by atoms with Crippen LogP contribution in [0.4, 0.5) is 23.7 Å². The van der Waals surface area contributed by atoms with E-state index in [9.17, 15) is 18.0 Å². The average Bonchev–Trinajstić information content (AvgIpc) is 2.41. The van der Waals surface area contributed by atoms with E-state index in [1.54, 1.807) is 26.8 Å². The number of nitrogens with zero attached hydrogens (tertiary/aromatic N) is 1. The van der Waals surface area contributed by atoms with Crippen LogP contribution in [-0.2, 0) is 11.2 Å². The first-order valence-electron chi connectivity index (χ1n) is 7.39. The van der Waals surface area contributed by atoms with Crippen LogP contribution in [0.5, 0.6) is 5.75 Å². The van der Waals surface area contributed by atoms with Crippen molar-refractivity contribution in [3.8, 4) is 5.75 Å². The molecule has 2 rings (SSSR count). The topological polar surface area (TPSA) is 38.8 Å². The van der Waals surface area contributed by atoms with Gasteiger partial charge in [-0.2, -0.15) is 13.2 Å². The molecule has 1 aliphatic rings. The first-order chi connectivity index (χ1) is 10.9. The summed E-state index contributed by atoms with van der Waals surface area (Å²) in [4.78, 5) is 13.2. The van der Waals surface area contributed by atoms with Crippen molar-refractivity contribution < 1.29 is 27.4 Å². The highest BCUT2D eigenvalue weighted by Gasteiger charge is 2.50. The molecule has 0 fully saturated rings. The van der Waals surface area contributed by atoms with Crippen LogP contribution in [0.1, 0.15) is 32.8 Å². The molecule has 1 amide bonds. The van der Waals surface area contributed by atoms with Crippen molar-refractivity contribution in [1.82, 2.24) is 0 Å². The largest absolute Gasteiger partial charge is 0.495 e. The van der Waals surface area contributed by atoms with Gasteiger partial charge in [-0.15, -0.1) is 0 Å². The van der Waals surface area contributed by atoms with Gasteiger partial charge in [0.2, 0.25) is 0 Å². The lowest BCUT2D eigenvalue weighted by Crippen LogP contribution is -2.53. The van der Waals surface area contributed by atoms with Crippen LogP contribution < -0.4 is 9.64 Å². The molecule has 1 aliphatic heterocycles. The van der Waals surface area contributed by atoms with Crippen molar-refractivity contribution >= 4 is 27.7 Å². The summed E-state index contributed by atoms with van der Waals surface area (Å²) in [6.07, 6.45) is -5.64. The van der Waals surface area contributed by atoms with E-state index in [1.807, 2.05) is 0 Å². The number of alkyl halides is 3. The fourth-order valence-corrected chi connectivity index (χ4v) is 3.15. The summed E-state index contributed by atoms with van der Waals surface area (Å²) in [5.74, 6) is 0.194. The number of ether oxygens (including phenoxy) is 2. The molecular formula is C16H19BrF3NO3. The van der Waals surface area contributed by atoms with Gasteiger partial charge in [0, 0.05) is 4.47 Å². The van der Waals surface area contributed by atoms with Crippen LogP contribution in [0.25, 0.3) is 0 Å². The molecule has 0 saturated carbocycles. The van der Waals surface area contributed by atoms with Gasteiger partial charge in [-0.1, -0.05) is 15.9 Å². The van der Waals surface area contributed by atoms with E-state index in [0.717, 1.165) is 0 Å². The summed E-state index contributed by atoms with van der Waals surface area (Å²) in [5, 5.41) is 0. The molecule has 8 heteroatoms. The SMILES string of the molecule is COc1cc(Br)cc2c1N(C(=O)OC(C)(C)C)C(C(F)(F)F)CC2. The lowest BCUT2D eigenvalue weighted by molar-refractivity contribution is -0.150. The minimum atomic E-state index is -4.56. The number of benzene rings is 1. The molecule has 1 atom stereocenters. The molecule has 1 aromatic carbocycles. The molecule has 0 N–H and O–H groups in total. The first kappa shape index (κ1) is 18.9. The van der Waals surface area contributed by atoms with Crippen LogP contribution in [0.3, 0.4) is 0 Å². The fourth-order valence-electron chi connectivity index (χ4n) is 2.66. The Morgan fingerprint density at radius 3 is 2.42 bits per heavy atom. The number of carbonyl (C=O) groups is 1. The van der Waals surface area contributed by atoms with Crippen LogP contribution in [0.2, 0.25) is 0 Å². The van der Waals surface area contributed by atoms with Gasteiger partial charge in [0.1, 0.15) is 17.4 Å². The summed E-state index contributed by atoms with van der Waals surface area (Å²) >= 11 is 3.31. The van der Waals surface area contributed by atoms with Crippen LogP contribution >= 0.6 is 15.9 Å². The average molecular weight is 410 g/mol. The molecule has 1 unspecified atom stereocenters. The van der Waals surface area contributed by atoms with Gasteiger partial charge in [-0.05, 0) is 51.3 Å². The summed E-state index contributed by atoms with van der Waals surface area (Å²) in [6.45, 7) is 4.82. The second-order valence-electron chi connectivity index (χ2n) is 6.56. The predicted molar refractivity (Wildman–Crippen MR) is 87.6 cm³/mol. The fraction of sp³-hybridized carbons (Fsp3) is 0.562. The number of hydrogen-bond acceptors (Lipinski definition) is 3. The second kappa shape index (κ2) is 6.46. The number of methoxy groups -OCH3 is 1. The second-order valence-corrected chi connectivity index (χ2v) is 7.48. The predicted octanol–water partition coefficient (Wildman–Crippen LogP) is 5.08. The molecule has 0 radical (unpaired) electrons. The Balaban J connectivity index is 2.59. The van der Waals surface area contributed by atoms with Gasteiger partial charge in [-0.3, -0.25) is 4.90 Å². The number of hydrogen-bond donors (Lipinski definition) is 0. The van der Waals surface area contributed by atoms with Crippen molar-refractivity contribution in [2.45, 2.75) is 51.4 Å². The van der Waals surface area contributed by atoms with E-state index in [-0.39, 0.29) is 24.3 Å². The van der Waals surface area contributed by atoms with Crippen LogP contribution in [0, 0.1) is 0 Å². The van der Waals surface area contributed by atoms with E-state index < -0.39 is 23.9 Å². The summed E-state index contributed by atoms with van der Waals surface area (Å²) in [7, 11) is 1.35. The molecule has 0 aliphatic carbocycles. The maximum absolute atomic E-state index is 13.5. The Morgan fingerprint density at radius 1 is 1.29 bits per heavy atom. The lowest BCUT2D eigenvalue weighted by Gasteiger charge is -2.39. The Bertz CT molecular complexity index is 623. The monoisotopic (exact) mass is 409 g/mol. The van der Waals surface area contributed by atoms with Gasteiger partial charge in [0.05, 0.1) is 12.8 Å². The zero-order chi connectivity index (χ0) is 18.3. The first-order valence-corrected chi connectivity index (χ1v) is 8.18. The minimum absolute atomic E-state index is 0.114. The molecule has 0 spiro atoms. The maximum Gasteiger partial charge on any atom is 0.415 e. The van der Waals surface area contributed by atoms with Gasteiger partial charge >= 0.3 is 12.3 Å². The summed E-state index contributed by atoms with van der Waals surface area (Å²) in [5.41, 5.74) is -0.191. The van der Waals surface area contributed by atoms with Crippen LogP contribution in [-0.4, -0.2) is 31.0 Å². The maximum atomic E-state index is 13.5. The molecule has 134 valence electrons. The summed E-state index contributed by atoms with van der Waals surface area (Å²) in [6, 6.07) is 1.28. The van der Waals surface area contributed by atoms with E-state index >= 15 is 0 Å². The van der Waals surface area contributed by atoms with Gasteiger partial charge in [0.25, 0.3) is 0 Å². The molecule has 0 bridgehead atoms. The Hall–Kier alpha value is -1.44. The molecular weight excluding hydrogens is 391 g/mol. The standard InChI is InChI=1S/C16H19BrF3NO3/c1-15(2,3)24-14(22)21-12(16(18,19)20)6-5-9-7-10(17)8-11(23-4)13(9)21/h7-8,12H,5-6H2,1-4H3. The Morgan fingerprint density at radius 2 is 1.92 bits per heavy atom. The van der Waals surface area contributed by atoms with Crippen LogP contribution in [0.15, 0.2) is 16.6 Å². The number of carbonyl (C=O) groups excluding carboxylic acids is 1. The zero-order valence-electron chi connectivity index (χ0n) is 13.8. The number of amides is 1. The Labute approximate surface area is 147 Å². The van der Waals surface area contributed by atoms with Crippen molar-refractivity contribution in [1.29, 1.82) is 0 Å². The molecule has 1 heterocycles. The van der Waals surface area contributed by atoms with Gasteiger partial charge in [0.15, 0.2) is 0 Å². The molecule has 0 saturated heterocycles. The molecule has 24 heavy (non-hydrogen) atoms. The number of halogens is 4. The van der Waals surface area contributed by atoms with E-state index in [4.69, 9.17) is 9.47 Å². The minimum Gasteiger partial charge on any atom is -0.495 e. The number of aryl methyl sites for hydroxylation is 1. The highest BCUT2D eigenvalue weighted by Crippen LogP contribution is 2.45. The summed E-state index contributed by atoms with van der Waals surface area (Å²) < 4.78 is 51.6. The van der Waals surface area contributed by atoms with Gasteiger partial charge in [-0.25, -0.2) is 4.79 Å². The Kier molecular flexibility index (Phi) is 5.09. The molecule has 4 nitrogen and oxygen atoms in total. The smallest absolute Gasteiger partial charge is 0.415 e. The molecule has 1 aromatic rings. The quantitative estimate of drug-likeness (QED) is 0.649. The van der Waals surface area contributed by atoms with Crippen molar-refractivity contribution in [3.63, 3.8) is 0 Å². The van der Waals surface area contributed by atoms with E-state index in [2.05, 4.69) is 15.9 Å². The van der Waals surface area contributed by atoms with Crippen molar-refractivity contribution in [2.24, 2.45) is 0 Å². The van der Waals surface area contributed by atoms with E-state index in [1.165, 1.54) is 13.2 Å². The highest BCUT2D eigenvalue weighted by atomic mass is 79.9. The number of anilines is 1. The highest BCUT2D eigenvalue weighted by molar-refractivity contribution is 9.10. The van der Waals surface area contributed by atoms with Crippen molar-refractivity contribution in [3.05, 3.63) is 22.2 Å². The van der Waals surface area contributed by atoms with Gasteiger partial charge < -0.3 is 9.47 Å². The van der Waals surface area contributed by atoms with E-state index in [0.29, 0.717) is 14.9 Å².